The van der Waals surface area contributed by atoms with Gasteiger partial charge < -0.3 is 14.6 Å². The molecule has 0 radical (unpaired) electrons. The van der Waals surface area contributed by atoms with Crippen LogP contribution in [0.2, 0.25) is 0 Å². The third-order valence-corrected chi connectivity index (χ3v) is 6.88. The van der Waals surface area contributed by atoms with E-state index in [9.17, 15) is 14.7 Å². The van der Waals surface area contributed by atoms with Gasteiger partial charge in [0.2, 0.25) is 0 Å². The number of piperidine rings is 1. The van der Waals surface area contributed by atoms with Crippen molar-refractivity contribution in [3.8, 4) is 0 Å². The molecule has 0 saturated carbocycles. The van der Waals surface area contributed by atoms with Gasteiger partial charge in [-0.05, 0) is 42.4 Å². The molecule has 2 amide bonds. The first-order valence-electron chi connectivity index (χ1n) is 11.6. The zero-order valence-corrected chi connectivity index (χ0v) is 18.9. The fraction of sp³-hybridized carbons (Fsp3) is 0.333. The number of aliphatic hydroxyl groups is 1. The van der Waals surface area contributed by atoms with E-state index in [0.717, 1.165) is 41.4 Å². The van der Waals surface area contributed by atoms with Gasteiger partial charge in [0.15, 0.2) is 0 Å². The van der Waals surface area contributed by atoms with Gasteiger partial charge in [-0.15, -0.1) is 0 Å². The van der Waals surface area contributed by atoms with Crippen LogP contribution in [0.1, 0.15) is 24.0 Å². The van der Waals surface area contributed by atoms with Crippen LogP contribution < -0.4 is 0 Å². The first-order chi connectivity index (χ1) is 16.1. The molecule has 3 heterocycles. The molecule has 1 aromatic heterocycles. The standard InChI is InChI=1S/C27H29N3O3/c1-28-17-21(22-11-5-6-12-23(22)28)13-15-30-26(32)24(20-9-3-2-4-10-20)25(27(30)33)29-14-7-8-19(16-29)18-31/h2-6,9-12,17,19,31H,7-8,13-16,18H2,1H3. The summed E-state index contributed by atoms with van der Waals surface area (Å²) in [6, 6.07) is 17.7. The largest absolute Gasteiger partial charge is 0.396 e. The molecule has 2 aliphatic rings. The molecule has 6 nitrogen and oxygen atoms in total. The van der Waals surface area contributed by atoms with Crippen molar-refractivity contribution in [1.29, 1.82) is 0 Å². The van der Waals surface area contributed by atoms with Crippen molar-refractivity contribution in [2.24, 2.45) is 13.0 Å². The van der Waals surface area contributed by atoms with E-state index >= 15 is 0 Å². The van der Waals surface area contributed by atoms with Gasteiger partial charge in [0.25, 0.3) is 11.8 Å². The van der Waals surface area contributed by atoms with Crippen molar-refractivity contribution < 1.29 is 14.7 Å². The Kier molecular flexibility index (Phi) is 5.77. The van der Waals surface area contributed by atoms with Gasteiger partial charge in [-0.25, -0.2) is 0 Å². The van der Waals surface area contributed by atoms with Crippen LogP contribution in [0.3, 0.4) is 0 Å². The van der Waals surface area contributed by atoms with Crippen molar-refractivity contribution in [2.75, 3.05) is 26.2 Å². The molecule has 6 heteroatoms. The molecule has 1 atom stereocenters. The van der Waals surface area contributed by atoms with E-state index < -0.39 is 0 Å². The van der Waals surface area contributed by atoms with Gasteiger partial charge in [-0.3, -0.25) is 14.5 Å². The Labute approximate surface area is 193 Å². The maximum absolute atomic E-state index is 13.6. The number of nitrogens with zero attached hydrogens (tertiary/aromatic N) is 3. The summed E-state index contributed by atoms with van der Waals surface area (Å²) in [6.07, 6.45) is 4.52. The Hall–Kier alpha value is -3.38. The number of carbonyl (C=O) groups is 2. The normalized spacial score (nSPS) is 19.3. The summed E-state index contributed by atoms with van der Waals surface area (Å²) in [6.45, 7) is 1.75. The molecule has 0 spiro atoms. The average Bonchev–Trinajstić information content (AvgIpc) is 3.31. The van der Waals surface area contributed by atoms with E-state index in [4.69, 9.17) is 0 Å². The van der Waals surface area contributed by atoms with Gasteiger partial charge in [0.1, 0.15) is 5.70 Å². The van der Waals surface area contributed by atoms with Crippen LogP contribution in [0.5, 0.6) is 0 Å². The fourth-order valence-electron chi connectivity index (χ4n) is 5.20. The smallest absolute Gasteiger partial charge is 0.277 e. The van der Waals surface area contributed by atoms with Crippen molar-refractivity contribution in [3.05, 3.63) is 77.6 Å². The monoisotopic (exact) mass is 443 g/mol. The highest BCUT2D eigenvalue weighted by atomic mass is 16.3. The number of para-hydroxylation sites is 1. The summed E-state index contributed by atoms with van der Waals surface area (Å²) in [7, 11) is 2.01. The third kappa shape index (κ3) is 3.85. The molecule has 0 aliphatic carbocycles. The van der Waals surface area contributed by atoms with Crippen molar-refractivity contribution in [2.45, 2.75) is 19.3 Å². The average molecular weight is 444 g/mol. The summed E-state index contributed by atoms with van der Waals surface area (Å²) in [5.41, 5.74) is 4.00. The van der Waals surface area contributed by atoms with Gasteiger partial charge >= 0.3 is 0 Å². The van der Waals surface area contributed by atoms with Gasteiger partial charge in [-0.1, -0.05) is 48.5 Å². The number of carbonyl (C=O) groups excluding carboxylic acids is 2. The Morgan fingerprint density at radius 1 is 1.00 bits per heavy atom. The maximum atomic E-state index is 13.6. The van der Waals surface area contributed by atoms with Gasteiger partial charge in [-0.2, -0.15) is 0 Å². The Morgan fingerprint density at radius 2 is 1.76 bits per heavy atom. The minimum atomic E-state index is -0.229. The third-order valence-electron chi connectivity index (χ3n) is 6.88. The van der Waals surface area contributed by atoms with Gasteiger partial charge in [0.05, 0.1) is 5.57 Å². The number of rotatable bonds is 6. The molecule has 33 heavy (non-hydrogen) atoms. The number of aryl methyl sites for hydroxylation is 1. The predicted molar refractivity (Wildman–Crippen MR) is 128 cm³/mol. The molecule has 1 saturated heterocycles. The highest BCUT2D eigenvalue weighted by Crippen LogP contribution is 2.34. The van der Waals surface area contributed by atoms with Crippen molar-refractivity contribution in [3.63, 3.8) is 0 Å². The number of likely N-dealkylation sites (tertiary alicyclic amines) is 1. The number of aromatic nitrogens is 1. The number of aliphatic hydroxyl groups excluding tert-OH is 1. The first-order valence-corrected chi connectivity index (χ1v) is 11.6. The molecular weight excluding hydrogens is 414 g/mol. The van der Waals surface area contributed by atoms with Gasteiger partial charge in [0, 0.05) is 50.4 Å². The minimum absolute atomic E-state index is 0.0946. The lowest BCUT2D eigenvalue weighted by Gasteiger charge is -2.34. The number of fused-ring (bicyclic) bond motifs is 1. The predicted octanol–water partition coefficient (Wildman–Crippen LogP) is 3.21. The fourth-order valence-corrected chi connectivity index (χ4v) is 5.20. The van der Waals surface area contributed by atoms with E-state index in [0.29, 0.717) is 30.8 Å². The molecule has 5 rings (SSSR count). The molecule has 0 bridgehead atoms. The van der Waals surface area contributed by atoms with Crippen molar-refractivity contribution in [1.82, 2.24) is 14.4 Å². The Balaban J connectivity index is 1.46. The molecule has 170 valence electrons. The lowest BCUT2D eigenvalue weighted by atomic mass is 9.97. The molecule has 2 aromatic carbocycles. The summed E-state index contributed by atoms with van der Waals surface area (Å²) < 4.78 is 2.08. The zero-order chi connectivity index (χ0) is 22.9. The second-order valence-electron chi connectivity index (χ2n) is 9.02. The molecule has 1 unspecified atom stereocenters. The zero-order valence-electron chi connectivity index (χ0n) is 18.9. The van der Waals surface area contributed by atoms with Crippen LogP contribution >= 0.6 is 0 Å². The highest BCUT2D eigenvalue weighted by Gasteiger charge is 2.42. The summed E-state index contributed by atoms with van der Waals surface area (Å²) in [5.74, 6) is -0.332. The quantitative estimate of drug-likeness (QED) is 0.594. The second kappa shape index (κ2) is 8.87. The maximum Gasteiger partial charge on any atom is 0.277 e. The van der Waals surface area contributed by atoms with Crippen LogP contribution in [0.4, 0.5) is 0 Å². The molecule has 3 aromatic rings. The first kappa shape index (κ1) is 21.5. The van der Waals surface area contributed by atoms with Crippen LogP contribution in [0.25, 0.3) is 16.5 Å². The van der Waals surface area contributed by atoms with E-state index in [1.165, 1.54) is 4.90 Å². The lowest BCUT2D eigenvalue weighted by Crippen LogP contribution is -2.41. The number of amides is 2. The number of imide groups is 1. The minimum Gasteiger partial charge on any atom is -0.396 e. The number of hydrogen-bond acceptors (Lipinski definition) is 4. The number of hydrogen-bond donors (Lipinski definition) is 1. The highest BCUT2D eigenvalue weighted by molar-refractivity contribution is 6.35. The summed E-state index contributed by atoms with van der Waals surface area (Å²) in [5, 5.41) is 10.8. The van der Waals surface area contributed by atoms with E-state index in [2.05, 4.69) is 22.9 Å². The molecule has 1 fully saturated rings. The molecule has 1 N–H and O–H groups in total. The SMILES string of the molecule is Cn1cc(CCN2C(=O)C(c3ccccc3)=C(N3CCCC(CO)C3)C2=O)c2ccccc21. The second-order valence-corrected chi connectivity index (χ2v) is 9.02. The van der Waals surface area contributed by atoms with E-state index in [1.807, 2.05) is 54.4 Å². The van der Waals surface area contributed by atoms with Crippen molar-refractivity contribution >= 4 is 28.3 Å². The van der Waals surface area contributed by atoms with Crippen LogP contribution in [-0.2, 0) is 23.1 Å². The van der Waals surface area contributed by atoms with Crippen LogP contribution in [0, 0.1) is 5.92 Å². The Morgan fingerprint density at radius 3 is 2.55 bits per heavy atom. The van der Waals surface area contributed by atoms with Crippen LogP contribution in [-0.4, -0.2) is 57.5 Å². The van der Waals surface area contributed by atoms with Crippen LogP contribution in [0.15, 0.2) is 66.5 Å². The summed E-state index contributed by atoms with van der Waals surface area (Å²) >= 11 is 0. The van der Waals surface area contributed by atoms with E-state index in [1.54, 1.807) is 0 Å². The molecular formula is C27H29N3O3. The number of benzene rings is 2. The Bertz CT molecular complexity index is 1230. The topological polar surface area (TPSA) is 65.8 Å². The summed E-state index contributed by atoms with van der Waals surface area (Å²) in [4.78, 5) is 30.6. The molecule has 2 aliphatic heterocycles. The lowest BCUT2D eigenvalue weighted by molar-refractivity contribution is -0.137. The van der Waals surface area contributed by atoms with E-state index in [-0.39, 0.29) is 24.3 Å².